The predicted molar refractivity (Wildman–Crippen MR) is 121 cm³/mol. The number of aromatic nitrogens is 1. The fourth-order valence-electron chi connectivity index (χ4n) is 4.94. The number of hydrogen-bond acceptors (Lipinski definition) is 4. The molecule has 1 N–H and O–H groups in total. The Labute approximate surface area is 190 Å². The molecule has 2 aliphatic rings. The third kappa shape index (κ3) is 4.49. The van der Waals surface area contributed by atoms with Crippen molar-refractivity contribution >= 4 is 16.0 Å². The topological polar surface area (TPSA) is 88.8 Å². The summed E-state index contributed by atoms with van der Waals surface area (Å²) in [5.74, 6) is -0.833. The number of carboxylic acids is 1. The van der Waals surface area contributed by atoms with Gasteiger partial charge in [-0.15, -0.1) is 0 Å². The highest BCUT2D eigenvalue weighted by Gasteiger charge is 2.32. The second-order valence-corrected chi connectivity index (χ2v) is 11.6. The van der Waals surface area contributed by atoms with Crippen molar-refractivity contribution in [1.82, 2.24) is 8.87 Å². The van der Waals surface area contributed by atoms with Crippen molar-refractivity contribution in [3.63, 3.8) is 0 Å². The Balaban J connectivity index is 1.63. The van der Waals surface area contributed by atoms with E-state index in [9.17, 15) is 18.3 Å². The van der Waals surface area contributed by atoms with Gasteiger partial charge in [0.2, 0.25) is 10.0 Å². The van der Waals surface area contributed by atoms with Gasteiger partial charge in [0.1, 0.15) is 6.54 Å². The van der Waals surface area contributed by atoms with E-state index in [1.165, 1.54) is 15.4 Å². The van der Waals surface area contributed by atoms with Gasteiger partial charge in [-0.25, -0.2) is 8.42 Å². The van der Waals surface area contributed by atoms with E-state index in [1.54, 1.807) is 12.1 Å². The summed E-state index contributed by atoms with van der Waals surface area (Å²) in [6, 6.07) is 7.11. The number of carbonyl (C=O) groups is 1. The van der Waals surface area contributed by atoms with Gasteiger partial charge in [-0.05, 0) is 66.8 Å². The highest BCUT2D eigenvalue weighted by molar-refractivity contribution is 7.89. The molecule has 1 aliphatic heterocycles. The Morgan fingerprint density at radius 1 is 1.16 bits per heavy atom. The van der Waals surface area contributed by atoms with Crippen LogP contribution in [0.2, 0.25) is 0 Å². The molecule has 32 heavy (non-hydrogen) atoms. The molecular weight excluding hydrogens is 428 g/mol. The molecule has 1 saturated heterocycles. The molecule has 7 nitrogen and oxygen atoms in total. The normalized spacial score (nSPS) is 19.0. The average molecular weight is 461 g/mol. The largest absolute Gasteiger partial charge is 0.480 e. The number of carboxylic acid groups (broad SMARTS) is 1. The van der Waals surface area contributed by atoms with Gasteiger partial charge in [-0.2, -0.15) is 4.31 Å². The van der Waals surface area contributed by atoms with Crippen molar-refractivity contribution in [2.24, 2.45) is 5.41 Å². The SMILES string of the molecule is Cc1c(Cc2ccc(S(=O)(=O)N3CCOCC3)cc2)c2c(n1CC(=O)O)CCC(C)(C)C2. The minimum absolute atomic E-state index is 0.0225. The highest BCUT2D eigenvalue weighted by Crippen LogP contribution is 2.39. The van der Waals surface area contributed by atoms with E-state index in [2.05, 4.69) is 13.8 Å². The minimum Gasteiger partial charge on any atom is -0.480 e. The number of morpholine rings is 1. The molecule has 0 unspecified atom stereocenters. The van der Waals surface area contributed by atoms with Crippen LogP contribution in [0.1, 0.15) is 48.3 Å². The summed E-state index contributed by atoms with van der Waals surface area (Å²) in [5, 5.41) is 9.42. The van der Waals surface area contributed by atoms with Crippen LogP contribution in [0.15, 0.2) is 29.2 Å². The third-order valence-corrected chi connectivity index (χ3v) is 8.69. The molecule has 0 radical (unpaired) electrons. The first-order chi connectivity index (χ1) is 15.1. The molecule has 8 heteroatoms. The van der Waals surface area contributed by atoms with Gasteiger partial charge in [0.05, 0.1) is 18.1 Å². The van der Waals surface area contributed by atoms with E-state index < -0.39 is 16.0 Å². The summed E-state index contributed by atoms with van der Waals surface area (Å²) < 4.78 is 34.5. The van der Waals surface area contributed by atoms with Gasteiger partial charge in [0.15, 0.2) is 0 Å². The van der Waals surface area contributed by atoms with Gasteiger partial charge in [-0.1, -0.05) is 26.0 Å². The van der Waals surface area contributed by atoms with Crippen LogP contribution in [-0.4, -0.2) is 54.7 Å². The molecule has 0 atom stereocenters. The van der Waals surface area contributed by atoms with Crippen LogP contribution in [0.4, 0.5) is 0 Å². The summed E-state index contributed by atoms with van der Waals surface area (Å²) >= 11 is 0. The van der Waals surface area contributed by atoms with Crippen molar-refractivity contribution < 1.29 is 23.1 Å². The zero-order chi connectivity index (χ0) is 23.1. The number of fused-ring (bicyclic) bond motifs is 1. The first kappa shape index (κ1) is 23.0. The van der Waals surface area contributed by atoms with Crippen LogP contribution in [0.5, 0.6) is 0 Å². The smallest absolute Gasteiger partial charge is 0.323 e. The van der Waals surface area contributed by atoms with Crippen molar-refractivity contribution in [3.05, 3.63) is 52.3 Å². The quantitative estimate of drug-likeness (QED) is 0.716. The fraction of sp³-hybridized carbons (Fsp3) is 0.542. The lowest BCUT2D eigenvalue weighted by atomic mass is 9.75. The Bertz CT molecular complexity index is 1110. The van der Waals surface area contributed by atoms with Gasteiger partial charge >= 0.3 is 5.97 Å². The molecule has 0 spiro atoms. The van der Waals surface area contributed by atoms with Crippen molar-refractivity contribution in [2.45, 2.75) is 57.9 Å². The van der Waals surface area contributed by atoms with Crippen molar-refractivity contribution in [2.75, 3.05) is 26.3 Å². The number of rotatable bonds is 6. The first-order valence-electron chi connectivity index (χ1n) is 11.2. The van der Waals surface area contributed by atoms with Crippen LogP contribution in [0.25, 0.3) is 0 Å². The maximum atomic E-state index is 12.9. The molecule has 2 aromatic rings. The van der Waals surface area contributed by atoms with E-state index in [1.807, 2.05) is 23.6 Å². The lowest BCUT2D eigenvalue weighted by Crippen LogP contribution is -2.40. The molecule has 0 amide bonds. The standard InChI is InChI=1S/C24H32N2O5S/c1-17-20(21-15-24(2,3)9-8-22(21)26(17)16-23(27)28)14-18-4-6-19(7-5-18)32(29,30)25-10-12-31-13-11-25/h4-7H,8-16H2,1-3H3,(H,27,28). The van der Waals surface area contributed by atoms with Crippen LogP contribution < -0.4 is 0 Å². The third-order valence-electron chi connectivity index (χ3n) is 6.78. The number of aliphatic carboxylic acids is 1. The lowest BCUT2D eigenvalue weighted by molar-refractivity contribution is -0.137. The second kappa shape index (κ2) is 8.65. The van der Waals surface area contributed by atoms with Crippen molar-refractivity contribution in [1.29, 1.82) is 0 Å². The van der Waals surface area contributed by atoms with Crippen molar-refractivity contribution in [3.8, 4) is 0 Å². The Morgan fingerprint density at radius 3 is 2.44 bits per heavy atom. The summed E-state index contributed by atoms with van der Waals surface area (Å²) in [4.78, 5) is 11.8. The lowest BCUT2D eigenvalue weighted by Gasteiger charge is -2.31. The maximum Gasteiger partial charge on any atom is 0.323 e. The van der Waals surface area contributed by atoms with Crippen LogP contribution in [0.3, 0.4) is 0 Å². The molecule has 174 valence electrons. The van der Waals surface area contributed by atoms with Crippen LogP contribution in [0, 0.1) is 12.3 Å². The Hall–Kier alpha value is -2.16. The number of sulfonamides is 1. The van der Waals surface area contributed by atoms with E-state index >= 15 is 0 Å². The Kier molecular flexibility index (Phi) is 6.22. The maximum absolute atomic E-state index is 12.9. The molecule has 1 aromatic carbocycles. The molecule has 1 aliphatic carbocycles. The minimum atomic E-state index is -3.51. The van der Waals surface area contributed by atoms with Gasteiger partial charge < -0.3 is 14.4 Å². The number of hydrogen-bond donors (Lipinski definition) is 1. The van der Waals surface area contributed by atoms with E-state index in [-0.39, 0.29) is 12.0 Å². The number of ether oxygens (including phenoxy) is 1. The summed E-state index contributed by atoms with van der Waals surface area (Å²) in [7, 11) is -3.51. The van der Waals surface area contributed by atoms with Gasteiger partial charge in [-0.3, -0.25) is 4.79 Å². The molecule has 0 saturated carbocycles. The average Bonchev–Trinajstić information content (AvgIpc) is 2.98. The second-order valence-electron chi connectivity index (χ2n) is 9.65. The van der Waals surface area contributed by atoms with Gasteiger partial charge in [0.25, 0.3) is 0 Å². The number of nitrogens with zero attached hydrogens (tertiary/aromatic N) is 2. The predicted octanol–water partition coefficient (Wildman–Crippen LogP) is 3.01. The Morgan fingerprint density at radius 2 is 1.81 bits per heavy atom. The molecule has 1 fully saturated rings. The van der Waals surface area contributed by atoms with E-state index in [0.717, 1.165) is 36.2 Å². The fourth-order valence-corrected chi connectivity index (χ4v) is 6.35. The number of benzene rings is 1. The molecule has 4 rings (SSSR count). The molecule has 1 aromatic heterocycles. The monoisotopic (exact) mass is 460 g/mol. The summed E-state index contributed by atoms with van der Waals surface area (Å²) in [6.45, 7) is 8.09. The molecular formula is C24H32N2O5S. The molecule has 0 bridgehead atoms. The summed E-state index contributed by atoms with van der Waals surface area (Å²) in [5.41, 5.74) is 5.79. The summed E-state index contributed by atoms with van der Waals surface area (Å²) in [6.07, 6.45) is 3.51. The van der Waals surface area contributed by atoms with Gasteiger partial charge in [0, 0.05) is 24.5 Å². The van der Waals surface area contributed by atoms with E-state index in [0.29, 0.717) is 37.6 Å². The van der Waals surface area contributed by atoms with Crippen LogP contribution >= 0.6 is 0 Å². The highest BCUT2D eigenvalue weighted by atomic mass is 32.2. The van der Waals surface area contributed by atoms with Crippen LogP contribution in [-0.2, 0) is 45.4 Å². The molecule has 2 heterocycles. The first-order valence-corrected chi connectivity index (χ1v) is 12.6. The zero-order valence-corrected chi connectivity index (χ0v) is 19.9. The zero-order valence-electron chi connectivity index (χ0n) is 19.1. The van der Waals surface area contributed by atoms with E-state index in [4.69, 9.17) is 4.74 Å².